The number of hydrogen-bond donors (Lipinski definition) is 1. The fourth-order valence-corrected chi connectivity index (χ4v) is 3.16. The fourth-order valence-electron chi connectivity index (χ4n) is 3.16. The molecule has 2 atom stereocenters. The van der Waals surface area contributed by atoms with Crippen molar-refractivity contribution in [2.45, 2.75) is 51.2 Å². The van der Waals surface area contributed by atoms with Crippen LogP contribution in [0.1, 0.15) is 39.0 Å². The van der Waals surface area contributed by atoms with Gasteiger partial charge in [-0.2, -0.15) is 0 Å². The standard InChI is InChI=1S/C17H25NO2/c1-13(14-10-11-19-12-14)18-15-6-8-17(9-7-15)20-16-4-2-3-5-16/h6-9,13-14,16,18H,2-5,10-12H2,1H3. The van der Waals surface area contributed by atoms with Crippen molar-refractivity contribution in [2.75, 3.05) is 18.5 Å². The summed E-state index contributed by atoms with van der Waals surface area (Å²) in [5.41, 5.74) is 1.17. The zero-order valence-electron chi connectivity index (χ0n) is 12.3. The van der Waals surface area contributed by atoms with Crippen LogP contribution in [0.25, 0.3) is 0 Å². The minimum Gasteiger partial charge on any atom is -0.490 e. The SMILES string of the molecule is CC(Nc1ccc(OC2CCCC2)cc1)C1CCOC1. The van der Waals surface area contributed by atoms with Crippen molar-refractivity contribution in [3.8, 4) is 5.75 Å². The first-order chi connectivity index (χ1) is 9.81. The van der Waals surface area contributed by atoms with Crippen molar-refractivity contribution in [3.63, 3.8) is 0 Å². The maximum atomic E-state index is 5.99. The van der Waals surface area contributed by atoms with E-state index < -0.39 is 0 Å². The first kappa shape index (κ1) is 13.7. The van der Waals surface area contributed by atoms with E-state index in [1.54, 1.807) is 0 Å². The van der Waals surface area contributed by atoms with Crippen LogP contribution in [0.3, 0.4) is 0 Å². The Morgan fingerprint density at radius 3 is 2.55 bits per heavy atom. The molecule has 0 aromatic heterocycles. The van der Waals surface area contributed by atoms with Gasteiger partial charge in [0.2, 0.25) is 0 Å². The molecule has 1 saturated carbocycles. The number of anilines is 1. The molecule has 1 aromatic carbocycles. The predicted octanol–water partition coefficient (Wildman–Crippen LogP) is 3.84. The second-order valence-electron chi connectivity index (χ2n) is 6.11. The third-order valence-corrected chi connectivity index (χ3v) is 4.53. The highest BCUT2D eigenvalue weighted by molar-refractivity contribution is 5.47. The van der Waals surface area contributed by atoms with Crippen LogP contribution in [-0.2, 0) is 4.74 Å². The molecule has 0 spiro atoms. The van der Waals surface area contributed by atoms with Gasteiger partial charge in [-0.3, -0.25) is 0 Å². The van der Waals surface area contributed by atoms with Crippen LogP contribution in [0.5, 0.6) is 5.75 Å². The van der Waals surface area contributed by atoms with Gasteiger partial charge in [0.1, 0.15) is 5.75 Å². The van der Waals surface area contributed by atoms with E-state index >= 15 is 0 Å². The second-order valence-corrected chi connectivity index (χ2v) is 6.11. The van der Waals surface area contributed by atoms with E-state index in [1.165, 1.54) is 31.4 Å². The number of benzene rings is 1. The van der Waals surface area contributed by atoms with Crippen molar-refractivity contribution in [2.24, 2.45) is 5.92 Å². The van der Waals surface area contributed by atoms with Crippen LogP contribution in [0, 0.1) is 5.92 Å². The molecule has 1 aliphatic heterocycles. The van der Waals surface area contributed by atoms with Crippen LogP contribution in [0.2, 0.25) is 0 Å². The number of ether oxygens (including phenoxy) is 2. The van der Waals surface area contributed by atoms with Crippen LogP contribution in [-0.4, -0.2) is 25.4 Å². The number of hydrogen-bond acceptors (Lipinski definition) is 3. The van der Waals surface area contributed by atoms with Gasteiger partial charge >= 0.3 is 0 Å². The van der Waals surface area contributed by atoms with Gasteiger partial charge in [0.25, 0.3) is 0 Å². The van der Waals surface area contributed by atoms with Gasteiger partial charge in [0.05, 0.1) is 12.7 Å². The van der Waals surface area contributed by atoms with Gasteiger partial charge in [0, 0.05) is 24.3 Å². The quantitative estimate of drug-likeness (QED) is 0.885. The summed E-state index contributed by atoms with van der Waals surface area (Å²) in [4.78, 5) is 0. The van der Waals surface area contributed by atoms with Gasteiger partial charge in [-0.1, -0.05) is 0 Å². The molecule has 1 N–H and O–H groups in total. The minimum absolute atomic E-state index is 0.434. The third kappa shape index (κ3) is 3.45. The number of nitrogens with one attached hydrogen (secondary N) is 1. The average Bonchev–Trinajstić information content (AvgIpc) is 3.13. The number of rotatable bonds is 5. The molecular formula is C17H25NO2. The molecule has 2 unspecified atom stereocenters. The molecule has 1 saturated heterocycles. The Labute approximate surface area is 121 Å². The van der Waals surface area contributed by atoms with Crippen molar-refractivity contribution in [1.82, 2.24) is 0 Å². The summed E-state index contributed by atoms with van der Waals surface area (Å²) < 4.78 is 11.4. The molecular weight excluding hydrogens is 250 g/mol. The second kappa shape index (κ2) is 6.49. The molecule has 0 amide bonds. The van der Waals surface area contributed by atoms with Gasteiger partial charge in [-0.25, -0.2) is 0 Å². The lowest BCUT2D eigenvalue weighted by Gasteiger charge is -2.21. The van der Waals surface area contributed by atoms with Gasteiger partial charge in [0.15, 0.2) is 0 Å². The van der Waals surface area contributed by atoms with Gasteiger partial charge < -0.3 is 14.8 Å². The van der Waals surface area contributed by atoms with E-state index in [0.717, 1.165) is 25.4 Å². The summed E-state index contributed by atoms with van der Waals surface area (Å²) in [6, 6.07) is 8.86. The molecule has 1 heterocycles. The first-order valence-corrected chi connectivity index (χ1v) is 7.92. The van der Waals surface area contributed by atoms with E-state index in [4.69, 9.17) is 9.47 Å². The largest absolute Gasteiger partial charge is 0.490 e. The Kier molecular flexibility index (Phi) is 4.46. The summed E-state index contributed by atoms with van der Waals surface area (Å²) in [7, 11) is 0. The molecule has 2 aliphatic rings. The molecule has 3 rings (SSSR count). The normalized spacial score (nSPS) is 24.8. The van der Waals surface area contributed by atoms with Crippen molar-refractivity contribution in [3.05, 3.63) is 24.3 Å². The molecule has 20 heavy (non-hydrogen) atoms. The van der Waals surface area contributed by atoms with E-state index in [9.17, 15) is 0 Å². The molecule has 0 radical (unpaired) electrons. The van der Waals surface area contributed by atoms with Crippen LogP contribution >= 0.6 is 0 Å². The summed E-state index contributed by atoms with van der Waals surface area (Å²) in [6.07, 6.45) is 6.63. The van der Waals surface area contributed by atoms with Crippen LogP contribution < -0.4 is 10.1 Å². The zero-order valence-corrected chi connectivity index (χ0v) is 12.3. The topological polar surface area (TPSA) is 30.5 Å². The first-order valence-electron chi connectivity index (χ1n) is 7.92. The molecule has 0 bridgehead atoms. The van der Waals surface area contributed by atoms with E-state index in [2.05, 4.69) is 36.5 Å². The maximum absolute atomic E-state index is 5.99. The van der Waals surface area contributed by atoms with Crippen LogP contribution in [0.15, 0.2) is 24.3 Å². The summed E-state index contributed by atoms with van der Waals surface area (Å²) in [5, 5.41) is 3.57. The fraction of sp³-hybridized carbons (Fsp3) is 0.647. The van der Waals surface area contributed by atoms with E-state index in [0.29, 0.717) is 18.1 Å². The molecule has 3 heteroatoms. The highest BCUT2D eigenvalue weighted by atomic mass is 16.5. The monoisotopic (exact) mass is 275 g/mol. The Morgan fingerprint density at radius 1 is 1.15 bits per heavy atom. The van der Waals surface area contributed by atoms with Crippen LogP contribution in [0.4, 0.5) is 5.69 Å². The highest BCUT2D eigenvalue weighted by Crippen LogP contribution is 2.26. The Hall–Kier alpha value is -1.22. The van der Waals surface area contributed by atoms with Gasteiger partial charge in [-0.05, 0) is 63.3 Å². The molecule has 1 aromatic rings. The lowest BCUT2D eigenvalue weighted by molar-refractivity contribution is 0.183. The minimum atomic E-state index is 0.434. The summed E-state index contributed by atoms with van der Waals surface area (Å²) in [6.45, 7) is 4.03. The molecule has 2 fully saturated rings. The van der Waals surface area contributed by atoms with Gasteiger partial charge in [-0.15, -0.1) is 0 Å². The molecule has 3 nitrogen and oxygen atoms in total. The average molecular weight is 275 g/mol. The van der Waals surface area contributed by atoms with E-state index in [-0.39, 0.29) is 0 Å². The lowest BCUT2D eigenvalue weighted by atomic mass is 10.0. The maximum Gasteiger partial charge on any atom is 0.119 e. The third-order valence-electron chi connectivity index (χ3n) is 4.53. The Bertz CT molecular complexity index is 406. The predicted molar refractivity (Wildman–Crippen MR) is 81.3 cm³/mol. The zero-order chi connectivity index (χ0) is 13.8. The lowest BCUT2D eigenvalue weighted by Crippen LogP contribution is -2.26. The smallest absolute Gasteiger partial charge is 0.119 e. The molecule has 110 valence electrons. The van der Waals surface area contributed by atoms with E-state index in [1.807, 2.05) is 0 Å². The summed E-state index contributed by atoms with van der Waals surface area (Å²) in [5.74, 6) is 1.63. The van der Waals surface area contributed by atoms with Crippen molar-refractivity contribution < 1.29 is 9.47 Å². The van der Waals surface area contributed by atoms with Crippen molar-refractivity contribution in [1.29, 1.82) is 0 Å². The molecule has 1 aliphatic carbocycles. The van der Waals surface area contributed by atoms with Crippen molar-refractivity contribution >= 4 is 5.69 Å². The summed E-state index contributed by atoms with van der Waals surface area (Å²) >= 11 is 0. The Balaban J connectivity index is 1.52. The highest BCUT2D eigenvalue weighted by Gasteiger charge is 2.22. The Morgan fingerprint density at radius 2 is 1.90 bits per heavy atom.